The molecule has 4 nitrogen and oxygen atoms in total. The summed E-state index contributed by atoms with van der Waals surface area (Å²) in [5.74, 6) is 0. The van der Waals surface area contributed by atoms with Gasteiger partial charge in [0.1, 0.15) is 4.21 Å². The summed E-state index contributed by atoms with van der Waals surface area (Å²) >= 11 is 1.23. The first-order valence-electron chi connectivity index (χ1n) is 7.35. The zero-order valence-corrected chi connectivity index (χ0v) is 15.3. The molecular weight excluding hydrogens is 328 g/mol. The van der Waals surface area contributed by atoms with Gasteiger partial charge in [0.2, 0.25) is 0 Å². The summed E-state index contributed by atoms with van der Waals surface area (Å²) < 4.78 is 27.0. The summed E-state index contributed by atoms with van der Waals surface area (Å²) in [7, 11) is -1.91. The van der Waals surface area contributed by atoms with E-state index in [4.69, 9.17) is 0 Å². The molecule has 6 heteroatoms. The van der Waals surface area contributed by atoms with Crippen LogP contribution in [0.5, 0.6) is 0 Å². The van der Waals surface area contributed by atoms with Crippen LogP contribution >= 0.6 is 11.3 Å². The van der Waals surface area contributed by atoms with Crippen molar-refractivity contribution in [1.82, 2.24) is 0 Å². The predicted molar refractivity (Wildman–Crippen MR) is 97.7 cm³/mol. The van der Waals surface area contributed by atoms with Crippen molar-refractivity contribution in [2.45, 2.75) is 30.5 Å². The number of benzene rings is 1. The van der Waals surface area contributed by atoms with Crippen molar-refractivity contribution in [1.29, 1.82) is 0 Å². The minimum Gasteiger partial charge on any atom is -0.376 e. The molecule has 0 saturated heterocycles. The number of fused-ring (bicyclic) bond motifs is 1. The summed E-state index contributed by atoms with van der Waals surface area (Å²) in [5, 5.41) is 5.23. The summed E-state index contributed by atoms with van der Waals surface area (Å²) in [5.41, 5.74) is 3.77. The Hall–Kier alpha value is -1.79. The summed E-state index contributed by atoms with van der Waals surface area (Å²) in [6.45, 7) is 6.28. The Morgan fingerprint density at radius 1 is 1.22 bits per heavy atom. The van der Waals surface area contributed by atoms with Gasteiger partial charge in [-0.15, -0.1) is 11.3 Å². The van der Waals surface area contributed by atoms with Crippen LogP contribution in [0.2, 0.25) is 0 Å². The molecule has 122 valence electrons. The van der Waals surface area contributed by atoms with E-state index in [1.54, 1.807) is 24.6 Å². The van der Waals surface area contributed by atoms with Crippen LogP contribution in [-0.4, -0.2) is 21.0 Å². The van der Waals surface area contributed by atoms with Gasteiger partial charge in [0.05, 0.1) is 11.2 Å². The molecular formula is C17H20N2O2S2. The smallest absolute Gasteiger partial charge is 0.273 e. The van der Waals surface area contributed by atoms with Crippen LogP contribution in [0.25, 0.3) is 5.57 Å². The molecule has 1 N–H and O–H groups in total. The van der Waals surface area contributed by atoms with Gasteiger partial charge in [0.25, 0.3) is 10.0 Å². The average Bonchev–Trinajstić information content (AvgIpc) is 3.00. The highest BCUT2D eigenvalue weighted by atomic mass is 32.2. The molecule has 2 heterocycles. The van der Waals surface area contributed by atoms with E-state index in [0.717, 1.165) is 16.8 Å². The van der Waals surface area contributed by atoms with Gasteiger partial charge in [-0.2, -0.15) is 0 Å². The molecule has 0 fully saturated rings. The third kappa shape index (κ3) is 2.88. The number of sulfonamides is 1. The number of nitrogens with zero attached hydrogens (tertiary/aromatic N) is 1. The van der Waals surface area contributed by atoms with Crippen LogP contribution in [0.1, 0.15) is 26.3 Å². The molecule has 0 spiro atoms. The van der Waals surface area contributed by atoms with E-state index in [-0.39, 0.29) is 5.54 Å². The van der Waals surface area contributed by atoms with Gasteiger partial charge in [-0.25, -0.2) is 8.42 Å². The van der Waals surface area contributed by atoms with Crippen molar-refractivity contribution < 1.29 is 8.42 Å². The summed E-state index contributed by atoms with van der Waals surface area (Å²) in [4.78, 5) is 0. The number of hydrogen-bond donors (Lipinski definition) is 1. The monoisotopic (exact) mass is 348 g/mol. The van der Waals surface area contributed by atoms with E-state index in [1.807, 2.05) is 18.2 Å². The van der Waals surface area contributed by atoms with Gasteiger partial charge < -0.3 is 5.32 Å². The Morgan fingerprint density at radius 2 is 1.96 bits per heavy atom. The zero-order valence-electron chi connectivity index (χ0n) is 13.6. The van der Waals surface area contributed by atoms with Crippen molar-refractivity contribution >= 4 is 38.3 Å². The molecule has 1 aromatic carbocycles. The number of anilines is 2. The average molecular weight is 348 g/mol. The number of allylic oxidation sites excluding steroid dienone is 1. The van der Waals surface area contributed by atoms with Crippen molar-refractivity contribution in [3.63, 3.8) is 0 Å². The second-order valence-corrected chi connectivity index (χ2v) is 9.45. The molecule has 23 heavy (non-hydrogen) atoms. The van der Waals surface area contributed by atoms with Gasteiger partial charge in [-0.3, -0.25) is 4.31 Å². The largest absolute Gasteiger partial charge is 0.376 e. The summed E-state index contributed by atoms with van der Waals surface area (Å²) in [6.07, 6.45) is 2.16. The normalized spacial score (nSPS) is 16.3. The predicted octanol–water partition coefficient (Wildman–Crippen LogP) is 4.18. The van der Waals surface area contributed by atoms with Crippen molar-refractivity contribution in [2.24, 2.45) is 0 Å². The molecule has 0 bridgehead atoms. The van der Waals surface area contributed by atoms with Crippen LogP contribution in [0.4, 0.5) is 11.4 Å². The Labute approximate surface area is 141 Å². The lowest BCUT2D eigenvalue weighted by Crippen LogP contribution is -2.32. The standard InChI is InChI=1S/C17H20N2O2S2/c1-12-11-17(2,3)18-15-8-7-13(10-14(12)15)19(4)23(20,21)16-6-5-9-22-16/h5-11,18H,1-4H3. The van der Waals surface area contributed by atoms with Crippen molar-refractivity contribution in [2.75, 3.05) is 16.7 Å². The van der Waals surface area contributed by atoms with Gasteiger partial charge in [-0.1, -0.05) is 12.1 Å². The molecule has 0 aliphatic carbocycles. The lowest BCUT2D eigenvalue weighted by Gasteiger charge is -2.32. The molecule has 0 radical (unpaired) electrons. The maximum atomic E-state index is 12.7. The zero-order chi connectivity index (χ0) is 16.8. The molecule has 3 rings (SSSR count). The lowest BCUT2D eigenvalue weighted by molar-refractivity contribution is 0.596. The van der Waals surface area contributed by atoms with E-state index in [1.165, 1.54) is 15.6 Å². The molecule has 0 atom stereocenters. The van der Waals surface area contributed by atoms with E-state index in [0.29, 0.717) is 9.90 Å². The third-order valence-electron chi connectivity index (χ3n) is 3.94. The van der Waals surface area contributed by atoms with Crippen LogP contribution in [0.15, 0.2) is 46.0 Å². The Bertz CT molecular complexity index is 866. The first kappa shape index (κ1) is 16.1. The Kier molecular flexibility index (Phi) is 3.77. The van der Waals surface area contributed by atoms with Crippen LogP contribution < -0.4 is 9.62 Å². The highest BCUT2D eigenvalue weighted by Gasteiger charge is 2.26. The molecule has 0 amide bonds. The minimum absolute atomic E-state index is 0.104. The number of nitrogens with one attached hydrogen (secondary N) is 1. The second-order valence-electron chi connectivity index (χ2n) is 6.31. The maximum Gasteiger partial charge on any atom is 0.273 e. The number of hydrogen-bond acceptors (Lipinski definition) is 4. The van der Waals surface area contributed by atoms with Crippen LogP contribution in [-0.2, 0) is 10.0 Å². The molecule has 0 saturated carbocycles. The fourth-order valence-corrected chi connectivity index (χ4v) is 5.20. The van der Waals surface area contributed by atoms with Gasteiger partial charge in [0, 0.05) is 18.3 Å². The summed E-state index contributed by atoms with van der Waals surface area (Å²) in [6, 6.07) is 9.09. The maximum absolute atomic E-state index is 12.7. The number of thiophene rings is 1. The first-order chi connectivity index (χ1) is 10.7. The highest BCUT2D eigenvalue weighted by molar-refractivity contribution is 7.94. The van der Waals surface area contributed by atoms with Gasteiger partial charge >= 0.3 is 0 Å². The van der Waals surface area contributed by atoms with Crippen LogP contribution in [0.3, 0.4) is 0 Å². The first-order valence-corrected chi connectivity index (χ1v) is 9.67. The third-order valence-corrected chi connectivity index (χ3v) is 7.09. The fourth-order valence-electron chi connectivity index (χ4n) is 2.85. The van der Waals surface area contributed by atoms with Crippen LogP contribution in [0, 0.1) is 0 Å². The van der Waals surface area contributed by atoms with E-state index in [2.05, 4.69) is 32.2 Å². The molecule has 1 aliphatic heterocycles. The molecule has 1 aliphatic rings. The van der Waals surface area contributed by atoms with Crippen molar-refractivity contribution in [3.8, 4) is 0 Å². The molecule has 2 aromatic rings. The topological polar surface area (TPSA) is 49.4 Å². The number of rotatable bonds is 3. The van der Waals surface area contributed by atoms with Gasteiger partial charge in [-0.05, 0) is 56.0 Å². The lowest BCUT2D eigenvalue weighted by atomic mass is 9.91. The SMILES string of the molecule is CC1=CC(C)(C)Nc2ccc(N(C)S(=O)(=O)c3cccs3)cc21. The molecule has 0 unspecified atom stereocenters. The quantitative estimate of drug-likeness (QED) is 0.905. The highest BCUT2D eigenvalue weighted by Crippen LogP contribution is 2.36. The molecule has 1 aromatic heterocycles. The van der Waals surface area contributed by atoms with E-state index >= 15 is 0 Å². The minimum atomic E-state index is -3.50. The Morgan fingerprint density at radius 3 is 2.61 bits per heavy atom. The van der Waals surface area contributed by atoms with E-state index in [9.17, 15) is 8.42 Å². The fraction of sp³-hybridized carbons (Fsp3) is 0.294. The van der Waals surface area contributed by atoms with E-state index < -0.39 is 10.0 Å². The van der Waals surface area contributed by atoms with Gasteiger partial charge in [0.15, 0.2) is 0 Å². The Balaban J connectivity index is 2.02. The van der Waals surface area contributed by atoms with Crippen molar-refractivity contribution in [3.05, 3.63) is 47.4 Å². The second kappa shape index (κ2) is 5.39.